The highest BCUT2D eigenvalue weighted by molar-refractivity contribution is 5.86. The van der Waals surface area contributed by atoms with Crippen LogP contribution in [0.5, 0.6) is 0 Å². The Morgan fingerprint density at radius 3 is 2.53 bits per heavy atom. The molecule has 0 bridgehead atoms. The van der Waals surface area contributed by atoms with Crippen LogP contribution in [0.25, 0.3) is 10.8 Å². The second-order valence-corrected chi connectivity index (χ2v) is 6.37. The topological polar surface area (TPSA) is 21.3 Å². The molecule has 2 atom stereocenters. The van der Waals surface area contributed by atoms with Gasteiger partial charge in [0.2, 0.25) is 0 Å². The second-order valence-electron chi connectivity index (χ2n) is 6.37. The van der Waals surface area contributed by atoms with Crippen LogP contribution in [-0.2, 0) is 4.74 Å². The number of rotatable bonds is 1. The van der Waals surface area contributed by atoms with Gasteiger partial charge in [-0.1, -0.05) is 63.2 Å². The largest absolute Gasteiger partial charge is 0.361 e. The van der Waals surface area contributed by atoms with E-state index in [4.69, 9.17) is 4.74 Å². The lowest BCUT2D eigenvalue weighted by Crippen LogP contribution is -2.37. The summed E-state index contributed by atoms with van der Waals surface area (Å²) in [6.07, 6.45) is 0.122. The van der Waals surface area contributed by atoms with Crippen molar-refractivity contribution in [1.29, 1.82) is 0 Å². The van der Waals surface area contributed by atoms with E-state index in [1.807, 2.05) is 0 Å². The average Bonchev–Trinajstić information content (AvgIpc) is 2.87. The normalized spacial score (nSPS) is 23.9. The van der Waals surface area contributed by atoms with E-state index in [-0.39, 0.29) is 17.7 Å². The second kappa shape index (κ2) is 4.62. The van der Waals surface area contributed by atoms with E-state index in [2.05, 4.69) is 68.6 Å². The number of benzene rings is 2. The highest BCUT2D eigenvalue weighted by Gasteiger charge is 2.34. The summed E-state index contributed by atoms with van der Waals surface area (Å²) >= 11 is 0. The number of nitrogens with one attached hydrogen (secondary N) is 1. The van der Waals surface area contributed by atoms with Crippen LogP contribution in [0.3, 0.4) is 0 Å². The molecule has 2 nitrogen and oxygen atoms in total. The zero-order chi connectivity index (χ0) is 13.5. The molecule has 1 N–H and O–H groups in total. The molecule has 0 saturated carbocycles. The van der Waals surface area contributed by atoms with Crippen molar-refractivity contribution in [3.63, 3.8) is 0 Å². The molecule has 1 fully saturated rings. The van der Waals surface area contributed by atoms with Crippen LogP contribution >= 0.6 is 0 Å². The van der Waals surface area contributed by atoms with E-state index in [0.717, 1.165) is 6.61 Å². The standard InChI is InChI=1S/C17H21NO/c1-17(2,3)16-18-15(11-19-16)14-10-6-8-12-7-4-5-9-13(12)14/h4-10,15-16,18H,11H2,1-3H3. The van der Waals surface area contributed by atoms with Gasteiger partial charge in [-0.25, -0.2) is 0 Å². The monoisotopic (exact) mass is 255 g/mol. The molecule has 2 unspecified atom stereocenters. The SMILES string of the molecule is CC(C)(C)C1NC(c2cccc3ccccc23)CO1. The molecule has 3 rings (SSSR count). The van der Waals surface area contributed by atoms with Crippen molar-refractivity contribution < 1.29 is 4.74 Å². The molecular formula is C17H21NO. The Morgan fingerprint density at radius 2 is 1.79 bits per heavy atom. The van der Waals surface area contributed by atoms with Crippen molar-refractivity contribution in [3.05, 3.63) is 48.0 Å². The van der Waals surface area contributed by atoms with Crippen molar-refractivity contribution in [2.45, 2.75) is 33.0 Å². The quantitative estimate of drug-likeness (QED) is 0.835. The fourth-order valence-electron chi connectivity index (χ4n) is 2.71. The number of hydrogen-bond acceptors (Lipinski definition) is 2. The minimum absolute atomic E-state index is 0.122. The first-order valence-corrected chi connectivity index (χ1v) is 6.91. The number of hydrogen-bond donors (Lipinski definition) is 1. The van der Waals surface area contributed by atoms with Gasteiger partial charge >= 0.3 is 0 Å². The molecule has 1 saturated heterocycles. The summed E-state index contributed by atoms with van der Waals surface area (Å²) in [5, 5.41) is 6.23. The maximum absolute atomic E-state index is 5.92. The molecule has 19 heavy (non-hydrogen) atoms. The van der Waals surface area contributed by atoms with E-state index in [1.54, 1.807) is 0 Å². The third-order valence-corrected chi connectivity index (χ3v) is 3.77. The molecule has 1 heterocycles. The van der Waals surface area contributed by atoms with Crippen LogP contribution in [-0.4, -0.2) is 12.8 Å². The van der Waals surface area contributed by atoms with Crippen LogP contribution in [0.2, 0.25) is 0 Å². The molecule has 0 radical (unpaired) electrons. The van der Waals surface area contributed by atoms with Crippen LogP contribution in [0, 0.1) is 5.41 Å². The molecule has 0 aromatic heterocycles. The number of ether oxygens (including phenoxy) is 1. The van der Waals surface area contributed by atoms with Crippen LogP contribution in [0.15, 0.2) is 42.5 Å². The van der Waals surface area contributed by atoms with Crippen LogP contribution in [0.1, 0.15) is 32.4 Å². The molecule has 2 aromatic carbocycles. The van der Waals surface area contributed by atoms with Crippen molar-refractivity contribution in [1.82, 2.24) is 5.32 Å². The highest BCUT2D eigenvalue weighted by Crippen LogP contribution is 2.32. The summed E-state index contributed by atoms with van der Waals surface area (Å²) in [7, 11) is 0. The first kappa shape index (κ1) is 12.6. The molecule has 0 aliphatic carbocycles. The van der Waals surface area contributed by atoms with Gasteiger partial charge < -0.3 is 4.74 Å². The summed E-state index contributed by atoms with van der Waals surface area (Å²) in [4.78, 5) is 0. The molecule has 2 aromatic rings. The maximum atomic E-state index is 5.92. The summed E-state index contributed by atoms with van der Waals surface area (Å²) in [6.45, 7) is 7.36. The Kier molecular flexibility index (Phi) is 3.08. The van der Waals surface area contributed by atoms with Crippen molar-refractivity contribution in [2.75, 3.05) is 6.61 Å². The lowest BCUT2D eigenvalue weighted by Gasteiger charge is -2.26. The third-order valence-electron chi connectivity index (χ3n) is 3.77. The molecule has 1 aliphatic rings. The zero-order valence-electron chi connectivity index (χ0n) is 11.8. The first-order valence-electron chi connectivity index (χ1n) is 6.91. The lowest BCUT2D eigenvalue weighted by molar-refractivity contribution is 0.0173. The van der Waals surface area contributed by atoms with Gasteiger partial charge in [0.15, 0.2) is 0 Å². The molecule has 1 aliphatic heterocycles. The average molecular weight is 255 g/mol. The van der Waals surface area contributed by atoms with E-state index < -0.39 is 0 Å². The van der Waals surface area contributed by atoms with Gasteiger partial charge in [-0.2, -0.15) is 0 Å². The Hall–Kier alpha value is -1.38. The highest BCUT2D eigenvalue weighted by atomic mass is 16.5. The summed E-state index contributed by atoms with van der Waals surface area (Å²) in [6, 6.07) is 15.3. The van der Waals surface area contributed by atoms with E-state index in [1.165, 1.54) is 16.3 Å². The first-order chi connectivity index (χ1) is 9.05. The third kappa shape index (κ3) is 2.38. The molecule has 0 amide bonds. The zero-order valence-corrected chi connectivity index (χ0v) is 11.8. The van der Waals surface area contributed by atoms with E-state index in [0.29, 0.717) is 0 Å². The Labute approximate surface area is 114 Å². The summed E-state index contributed by atoms with van der Waals surface area (Å²) < 4.78 is 5.92. The molecule has 0 spiro atoms. The maximum Gasteiger partial charge on any atom is 0.113 e. The van der Waals surface area contributed by atoms with Gasteiger partial charge in [0.25, 0.3) is 0 Å². The summed E-state index contributed by atoms with van der Waals surface area (Å²) in [5.41, 5.74) is 1.46. The lowest BCUT2D eigenvalue weighted by atomic mass is 9.93. The van der Waals surface area contributed by atoms with Gasteiger partial charge in [-0.05, 0) is 16.3 Å². The van der Waals surface area contributed by atoms with Crippen molar-refractivity contribution >= 4 is 10.8 Å². The Morgan fingerprint density at radius 1 is 1.05 bits per heavy atom. The molecular weight excluding hydrogens is 234 g/mol. The van der Waals surface area contributed by atoms with Gasteiger partial charge in [-0.3, -0.25) is 5.32 Å². The fourth-order valence-corrected chi connectivity index (χ4v) is 2.71. The van der Waals surface area contributed by atoms with E-state index in [9.17, 15) is 0 Å². The van der Waals surface area contributed by atoms with Crippen LogP contribution < -0.4 is 5.32 Å². The van der Waals surface area contributed by atoms with E-state index >= 15 is 0 Å². The van der Waals surface area contributed by atoms with Gasteiger partial charge in [0, 0.05) is 5.41 Å². The minimum Gasteiger partial charge on any atom is -0.361 e. The summed E-state index contributed by atoms with van der Waals surface area (Å²) in [5.74, 6) is 0. The molecule has 2 heteroatoms. The predicted molar refractivity (Wildman–Crippen MR) is 79.0 cm³/mol. The number of fused-ring (bicyclic) bond motifs is 1. The fraction of sp³-hybridized carbons (Fsp3) is 0.412. The van der Waals surface area contributed by atoms with Crippen molar-refractivity contribution in [3.8, 4) is 0 Å². The smallest absolute Gasteiger partial charge is 0.113 e. The Bertz CT molecular complexity index is 580. The van der Waals surface area contributed by atoms with Gasteiger partial charge in [-0.15, -0.1) is 0 Å². The van der Waals surface area contributed by atoms with Gasteiger partial charge in [0.1, 0.15) is 6.23 Å². The van der Waals surface area contributed by atoms with Gasteiger partial charge in [0.05, 0.1) is 12.6 Å². The predicted octanol–water partition coefficient (Wildman–Crippen LogP) is 3.87. The minimum atomic E-state index is 0.122. The molecule has 100 valence electrons. The van der Waals surface area contributed by atoms with Crippen molar-refractivity contribution in [2.24, 2.45) is 5.41 Å². The Balaban J connectivity index is 1.94. The van der Waals surface area contributed by atoms with Crippen LogP contribution in [0.4, 0.5) is 0 Å².